The van der Waals surface area contributed by atoms with Gasteiger partial charge < -0.3 is 0 Å². The van der Waals surface area contributed by atoms with Gasteiger partial charge in [0, 0.05) is 18.6 Å². The first kappa shape index (κ1) is 11.7. The van der Waals surface area contributed by atoms with Crippen molar-refractivity contribution in [3.05, 3.63) is 46.2 Å². The molecule has 0 unspecified atom stereocenters. The largest absolute Gasteiger partial charge is 0.417 e. The second-order valence-corrected chi connectivity index (χ2v) is 4.00. The van der Waals surface area contributed by atoms with E-state index in [4.69, 9.17) is 0 Å². The molecule has 0 aliphatic heterocycles. The first-order valence-electron chi connectivity index (χ1n) is 4.44. The highest BCUT2D eigenvalue weighted by atomic mass is 32.1. The summed E-state index contributed by atoms with van der Waals surface area (Å²) in [7, 11) is 0. The molecule has 17 heavy (non-hydrogen) atoms. The minimum atomic E-state index is -4.57. The molecule has 0 saturated heterocycles. The van der Waals surface area contributed by atoms with Gasteiger partial charge in [0.05, 0.1) is 21.5 Å². The van der Waals surface area contributed by atoms with Gasteiger partial charge in [0.1, 0.15) is 0 Å². The van der Waals surface area contributed by atoms with Crippen LogP contribution in [0, 0.1) is 0 Å². The van der Waals surface area contributed by atoms with E-state index in [2.05, 4.69) is 9.97 Å². The van der Waals surface area contributed by atoms with E-state index in [1.165, 1.54) is 11.7 Å². The number of ketones is 1. The monoisotopic (exact) mass is 258 g/mol. The van der Waals surface area contributed by atoms with Gasteiger partial charge >= 0.3 is 6.18 Å². The SMILES string of the molecule is O=C(c1cncs1)c1cnccc1C(F)(F)F. The summed E-state index contributed by atoms with van der Waals surface area (Å²) in [5, 5.41) is 0. The zero-order chi connectivity index (χ0) is 12.5. The van der Waals surface area contributed by atoms with Crippen LogP contribution in [-0.4, -0.2) is 15.8 Å². The van der Waals surface area contributed by atoms with Gasteiger partial charge in [-0.05, 0) is 6.07 Å². The number of pyridine rings is 1. The van der Waals surface area contributed by atoms with Crippen molar-refractivity contribution >= 4 is 17.1 Å². The highest BCUT2D eigenvalue weighted by molar-refractivity contribution is 7.11. The van der Waals surface area contributed by atoms with Crippen LogP contribution < -0.4 is 0 Å². The molecule has 0 saturated carbocycles. The lowest BCUT2D eigenvalue weighted by molar-refractivity contribution is -0.137. The first-order valence-corrected chi connectivity index (χ1v) is 5.32. The summed E-state index contributed by atoms with van der Waals surface area (Å²) < 4.78 is 38.0. The average Bonchev–Trinajstić information content (AvgIpc) is 2.80. The third-order valence-electron chi connectivity index (χ3n) is 2.03. The van der Waals surface area contributed by atoms with E-state index < -0.39 is 23.1 Å². The number of nitrogens with zero attached hydrogens (tertiary/aromatic N) is 2. The van der Waals surface area contributed by atoms with Crippen molar-refractivity contribution in [3.8, 4) is 0 Å². The highest BCUT2D eigenvalue weighted by Gasteiger charge is 2.35. The zero-order valence-corrected chi connectivity index (χ0v) is 9.05. The number of hydrogen-bond acceptors (Lipinski definition) is 4. The van der Waals surface area contributed by atoms with Crippen LogP contribution in [0.25, 0.3) is 0 Å². The van der Waals surface area contributed by atoms with Crippen LogP contribution in [-0.2, 0) is 6.18 Å². The van der Waals surface area contributed by atoms with Crippen molar-refractivity contribution in [3.63, 3.8) is 0 Å². The Morgan fingerprint density at radius 3 is 2.59 bits per heavy atom. The Balaban J connectivity index is 2.50. The standard InChI is InChI=1S/C10H5F3N2OS/c11-10(12,13)7-1-2-14-3-6(7)9(16)8-4-15-5-17-8/h1-5H. The van der Waals surface area contributed by atoms with Gasteiger partial charge in [-0.2, -0.15) is 13.2 Å². The summed E-state index contributed by atoms with van der Waals surface area (Å²) in [6, 6.07) is 0.786. The maximum Gasteiger partial charge on any atom is 0.417 e. The second kappa shape index (κ2) is 4.25. The quantitative estimate of drug-likeness (QED) is 0.778. The predicted molar refractivity (Wildman–Crippen MR) is 54.8 cm³/mol. The van der Waals surface area contributed by atoms with Gasteiger partial charge in [-0.15, -0.1) is 11.3 Å². The fraction of sp³-hybridized carbons (Fsp3) is 0.100. The summed E-state index contributed by atoms with van der Waals surface area (Å²) in [5.74, 6) is -0.715. The molecular formula is C10H5F3N2OS. The lowest BCUT2D eigenvalue weighted by Gasteiger charge is -2.10. The van der Waals surface area contributed by atoms with E-state index in [0.717, 1.165) is 29.8 Å². The predicted octanol–water partition coefficient (Wildman–Crippen LogP) is 2.79. The molecule has 0 spiro atoms. The van der Waals surface area contributed by atoms with Crippen LogP contribution in [0.5, 0.6) is 0 Å². The molecule has 0 aliphatic rings. The van der Waals surface area contributed by atoms with Gasteiger partial charge in [-0.25, -0.2) is 0 Å². The number of aromatic nitrogens is 2. The molecule has 88 valence electrons. The molecule has 7 heteroatoms. The van der Waals surface area contributed by atoms with Crippen LogP contribution >= 0.6 is 11.3 Å². The molecule has 0 fully saturated rings. The molecule has 0 radical (unpaired) electrons. The molecule has 0 amide bonds. The second-order valence-electron chi connectivity index (χ2n) is 3.11. The summed E-state index contributed by atoms with van der Waals surface area (Å²) in [4.78, 5) is 19.2. The summed E-state index contributed by atoms with van der Waals surface area (Å²) in [6.45, 7) is 0. The Labute approximate surface area is 98.0 Å². The number of thiazole rings is 1. The van der Waals surface area contributed by atoms with Gasteiger partial charge in [-0.1, -0.05) is 0 Å². The molecule has 0 aliphatic carbocycles. The van der Waals surface area contributed by atoms with Crippen LogP contribution in [0.1, 0.15) is 20.8 Å². The first-order chi connectivity index (χ1) is 8.00. The minimum absolute atomic E-state index is 0.156. The van der Waals surface area contributed by atoms with Gasteiger partial charge in [0.15, 0.2) is 0 Å². The Hall–Kier alpha value is -1.76. The summed E-state index contributed by atoms with van der Waals surface area (Å²) >= 11 is 0.989. The smallest absolute Gasteiger partial charge is 0.288 e. The van der Waals surface area contributed by atoms with Crippen molar-refractivity contribution < 1.29 is 18.0 Å². The highest BCUT2D eigenvalue weighted by Crippen LogP contribution is 2.32. The molecule has 0 atom stereocenters. The van der Waals surface area contributed by atoms with Crippen LogP contribution in [0.3, 0.4) is 0 Å². The fourth-order valence-corrected chi connectivity index (χ4v) is 1.86. The Kier molecular flexibility index (Phi) is 2.93. The molecular weight excluding hydrogens is 253 g/mol. The lowest BCUT2D eigenvalue weighted by atomic mass is 10.1. The average molecular weight is 258 g/mol. The normalized spacial score (nSPS) is 11.5. The van der Waals surface area contributed by atoms with Crippen LogP contribution in [0.4, 0.5) is 13.2 Å². The van der Waals surface area contributed by atoms with Gasteiger partial charge in [0.2, 0.25) is 5.78 Å². The van der Waals surface area contributed by atoms with Crippen molar-refractivity contribution in [1.29, 1.82) is 0 Å². The van der Waals surface area contributed by atoms with E-state index in [0.29, 0.717) is 0 Å². The minimum Gasteiger partial charge on any atom is -0.288 e. The molecule has 2 aromatic heterocycles. The van der Waals surface area contributed by atoms with E-state index in [-0.39, 0.29) is 4.88 Å². The number of carbonyl (C=O) groups is 1. The maximum absolute atomic E-state index is 12.7. The molecule has 3 nitrogen and oxygen atoms in total. The number of rotatable bonds is 2. The van der Waals surface area contributed by atoms with Crippen molar-refractivity contribution in [2.45, 2.75) is 6.18 Å². The molecule has 0 N–H and O–H groups in total. The number of halogens is 3. The van der Waals surface area contributed by atoms with Gasteiger partial charge in [0.25, 0.3) is 0 Å². The Morgan fingerprint density at radius 1 is 1.24 bits per heavy atom. The van der Waals surface area contributed by atoms with Crippen molar-refractivity contribution in [2.75, 3.05) is 0 Å². The third kappa shape index (κ3) is 2.33. The van der Waals surface area contributed by atoms with Crippen molar-refractivity contribution in [1.82, 2.24) is 9.97 Å². The van der Waals surface area contributed by atoms with E-state index >= 15 is 0 Å². The van der Waals surface area contributed by atoms with E-state index in [1.54, 1.807) is 0 Å². The van der Waals surface area contributed by atoms with E-state index in [9.17, 15) is 18.0 Å². The molecule has 2 heterocycles. The Morgan fingerprint density at radius 2 is 2.00 bits per heavy atom. The molecule has 2 aromatic rings. The van der Waals surface area contributed by atoms with E-state index in [1.807, 2.05) is 0 Å². The van der Waals surface area contributed by atoms with Crippen LogP contribution in [0.2, 0.25) is 0 Å². The third-order valence-corrected chi connectivity index (χ3v) is 2.80. The molecule has 2 rings (SSSR count). The number of hydrogen-bond donors (Lipinski definition) is 0. The molecule has 0 bridgehead atoms. The number of alkyl halides is 3. The Bertz CT molecular complexity index is 537. The topological polar surface area (TPSA) is 42.9 Å². The van der Waals surface area contributed by atoms with Gasteiger partial charge in [-0.3, -0.25) is 14.8 Å². The van der Waals surface area contributed by atoms with Crippen LogP contribution in [0.15, 0.2) is 30.2 Å². The molecule has 0 aromatic carbocycles. The number of carbonyl (C=O) groups excluding carboxylic acids is 1. The lowest BCUT2D eigenvalue weighted by Crippen LogP contribution is -2.13. The summed E-state index contributed by atoms with van der Waals surface area (Å²) in [6.07, 6.45) is -1.41. The maximum atomic E-state index is 12.7. The summed E-state index contributed by atoms with van der Waals surface area (Å²) in [5.41, 5.74) is -0.0493. The fourth-order valence-electron chi connectivity index (χ4n) is 1.28. The van der Waals surface area contributed by atoms with Crippen molar-refractivity contribution in [2.24, 2.45) is 0 Å². The zero-order valence-electron chi connectivity index (χ0n) is 8.23.